The van der Waals surface area contributed by atoms with Crippen LogP contribution in [0.25, 0.3) is 0 Å². The first-order valence-corrected chi connectivity index (χ1v) is 7.28. The average Bonchev–Trinajstić information content (AvgIpc) is 2.75. The molecule has 0 aliphatic carbocycles. The van der Waals surface area contributed by atoms with E-state index in [-0.39, 0.29) is 0 Å². The number of aromatic amines is 1. The quantitative estimate of drug-likeness (QED) is 0.719. The van der Waals surface area contributed by atoms with E-state index in [9.17, 15) is 0 Å². The van der Waals surface area contributed by atoms with E-state index in [0.29, 0.717) is 0 Å². The summed E-state index contributed by atoms with van der Waals surface area (Å²) in [6.45, 7) is 11.4. The maximum atomic E-state index is 5.34. The second kappa shape index (κ2) is 7.62. The summed E-state index contributed by atoms with van der Waals surface area (Å²) in [5, 5.41) is 10.8. The summed E-state index contributed by atoms with van der Waals surface area (Å²) >= 11 is 0. The van der Waals surface area contributed by atoms with Crippen LogP contribution < -0.4 is 5.32 Å². The average molecular weight is 266 g/mol. The van der Waals surface area contributed by atoms with Crippen molar-refractivity contribution in [3.05, 3.63) is 17.0 Å². The highest BCUT2D eigenvalue weighted by Gasteiger charge is 2.09. The normalized spacial score (nSPS) is 16.9. The van der Waals surface area contributed by atoms with Gasteiger partial charge >= 0.3 is 0 Å². The number of rotatable bonds is 7. The van der Waals surface area contributed by atoms with Crippen LogP contribution in [0.2, 0.25) is 0 Å². The minimum atomic E-state index is 0.895. The summed E-state index contributed by atoms with van der Waals surface area (Å²) in [5.41, 5.74) is 3.70. The standard InChI is InChI=1S/C14H26N4O/c1-12-14(13(2)17-16-12)4-6-15-5-3-7-18-8-10-19-11-9-18/h15H,3-11H2,1-2H3,(H,16,17). The number of aryl methyl sites for hydroxylation is 2. The van der Waals surface area contributed by atoms with Gasteiger partial charge in [0.1, 0.15) is 0 Å². The SMILES string of the molecule is Cc1n[nH]c(C)c1CCNCCCN1CCOCC1. The first-order valence-electron chi connectivity index (χ1n) is 7.28. The third kappa shape index (κ3) is 4.60. The zero-order chi connectivity index (χ0) is 13.5. The molecule has 1 aromatic heterocycles. The molecule has 0 saturated carbocycles. The van der Waals surface area contributed by atoms with Crippen LogP contribution in [-0.4, -0.2) is 61.0 Å². The summed E-state index contributed by atoms with van der Waals surface area (Å²) in [7, 11) is 0. The summed E-state index contributed by atoms with van der Waals surface area (Å²) in [6.07, 6.45) is 2.27. The maximum absolute atomic E-state index is 5.34. The van der Waals surface area contributed by atoms with Gasteiger partial charge in [-0.2, -0.15) is 5.10 Å². The van der Waals surface area contributed by atoms with Gasteiger partial charge in [-0.05, 0) is 51.9 Å². The molecule has 5 heteroatoms. The molecule has 19 heavy (non-hydrogen) atoms. The molecule has 2 N–H and O–H groups in total. The topological polar surface area (TPSA) is 53.2 Å². The molecule has 0 bridgehead atoms. The van der Waals surface area contributed by atoms with Crippen LogP contribution in [0.15, 0.2) is 0 Å². The zero-order valence-corrected chi connectivity index (χ0v) is 12.2. The fourth-order valence-electron chi connectivity index (χ4n) is 2.53. The maximum Gasteiger partial charge on any atom is 0.0626 e. The number of hydrogen-bond acceptors (Lipinski definition) is 4. The van der Waals surface area contributed by atoms with Crippen molar-refractivity contribution >= 4 is 0 Å². The molecule has 1 saturated heterocycles. The molecule has 0 unspecified atom stereocenters. The second-order valence-corrected chi connectivity index (χ2v) is 5.22. The molecule has 1 aliphatic heterocycles. The molecular weight excluding hydrogens is 240 g/mol. The van der Waals surface area contributed by atoms with Gasteiger partial charge < -0.3 is 10.1 Å². The molecule has 0 amide bonds. The Hall–Kier alpha value is -0.910. The summed E-state index contributed by atoms with van der Waals surface area (Å²) in [5.74, 6) is 0. The number of nitrogens with zero attached hydrogens (tertiary/aromatic N) is 2. The van der Waals surface area contributed by atoms with E-state index in [1.165, 1.54) is 24.2 Å². The molecular formula is C14H26N4O. The van der Waals surface area contributed by atoms with Crippen molar-refractivity contribution in [3.63, 3.8) is 0 Å². The van der Waals surface area contributed by atoms with Crippen molar-refractivity contribution in [2.45, 2.75) is 26.7 Å². The van der Waals surface area contributed by atoms with Gasteiger partial charge in [0, 0.05) is 18.8 Å². The summed E-state index contributed by atoms with van der Waals surface area (Å²) in [4.78, 5) is 2.48. The Morgan fingerprint density at radius 2 is 2.05 bits per heavy atom. The zero-order valence-electron chi connectivity index (χ0n) is 12.2. The third-order valence-corrected chi connectivity index (χ3v) is 3.76. The number of aromatic nitrogens is 2. The predicted molar refractivity (Wildman–Crippen MR) is 76.5 cm³/mol. The Balaban J connectivity index is 1.52. The number of nitrogens with one attached hydrogen (secondary N) is 2. The molecule has 2 rings (SSSR count). The van der Waals surface area contributed by atoms with Crippen molar-refractivity contribution in [2.24, 2.45) is 0 Å². The fraction of sp³-hybridized carbons (Fsp3) is 0.786. The van der Waals surface area contributed by atoms with Crippen LogP contribution >= 0.6 is 0 Å². The Kier molecular flexibility index (Phi) is 5.82. The largest absolute Gasteiger partial charge is 0.379 e. The van der Waals surface area contributed by atoms with Gasteiger partial charge in [-0.15, -0.1) is 0 Å². The highest BCUT2D eigenvalue weighted by atomic mass is 16.5. The van der Waals surface area contributed by atoms with E-state index >= 15 is 0 Å². The lowest BCUT2D eigenvalue weighted by molar-refractivity contribution is 0.0375. The molecule has 0 radical (unpaired) electrons. The molecule has 1 aliphatic rings. The first kappa shape index (κ1) is 14.5. The highest BCUT2D eigenvalue weighted by molar-refractivity contribution is 5.23. The number of morpholine rings is 1. The Labute approximate surface area is 115 Å². The molecule has 1 fully saturated rings. The van der Waals surface area contributed by atoms with Crippen LogP contribution in [0.4, 0.5) is 0 Å². The number of hydrogen-bond donors (Lipinski definition) is 2. The highest BCUT2D eigenvalue weighted by Crippen LogP contribution is 2.09. The second-order valence-electron chi connectivity index (χ2n) is 5.22. The van der Waals surface area contributed by atoms with Gasteiger partial charge in [0.15, 0.2) is 0 Å². The monoisotopic (exact) mass is 266 g/mol. The van der Waals surface area contributed by atoms with Crippen molar-refractivity contribution in [1.82, 2.24) is 20.4 Å². The smallest absolute Gasteiger partial charge is 0.0626 e. The van der Waals surface area contributed by atoms with Gasteiger partial charge in [-0.1, -0.05) is 0 Å². The third-order valence-electron chi connectivity index (χ3n) is 3.76. The van der Waals surface area contributed by atoms with Gasteiger partial charge in [-0.25, -0.2) is 0 Å². The molecule has 2 heterocycles. The summed E-state index contributed by atoms with van der Waals surface area (Å²) in [6, 6.07) is 0. The lowest BCUT2D eigenvalue weighted by Gasteiger charge is -2.26. The lowest BCUT2D eigenvalue weighted by Crippen LogP contribution is -2.37. The van der Waals surface area contributed by atoms with Crippen LogP contribution in [0.5, 0.6) is 0 Å². The van der Waals surface area contributed by atoms with Crippen molar-refractivity contribution in [2.75, 3.05) is 45.9 Å². The van der Waals surface area contributed by atoms with E-state index in [0.717, 1.165) is 51.5 Å². The van der Waals surface area contributed by atoms with Crippen LogP contribution in [-0.2, 0) is 11.2 Å². The van der Waals surface area contributed by atoms with E-state index < -0.39 is 0 Å². The lowest BCUT2D eigenvalue weighted by atomic mass is 10.1. The molecule has 0 spiro atoms. The van der Waals surface area contributed by atoms with Gasteiger partial charge in [0.2, 0.25) is 0 Å². The van der Waals surface area contributed by atoms with Crippen LogP contribution in [0.3, 0.4) is 0 Å². The Bertz CT molecular complexity index is 352. The van der Waals surface area contributed by atoms with E-state index in [2.05, 4.69) is 34.3 Å². The van der Waals surface area contributed by atoms with Gasteiger partial charge in [0.25, 0.3) is 0 Å². The number of H-pyrrole nitrogens is 1. The Morgan fingerprint density at radius 3 is 2.74 bits per heavy atom. The molecule has 108 valence electrons. The van der Waals surface area contributed by atoms with E-state index in [1.807, 2.05) is 0 Å². The predicted octanol–water partition coefficient (Wildman–Crippen LogP) is 0.881. The number of ether oxygens (including phenoxy) is 1. The van der Waals surface area contributed by atoms with Crippen molar-refractivity contribution in [1.29, 1.82) is 0 Å². The van der Waals surface area contributed by atoms with Gasteiger partial charge in [0.05, 0.1) is 18.9 Å². The Morgan fingerprint density at radius 1 is 1.26 bits per heavy atom. The molecule has 0 aromatic carbocycles. The summed E-state index contributed by atoms with van der Waals surface area (Å²) < 4.78 is 5.34. The minimum Gasteiger partial charge on any atom is -0.379 e. The first-order chi connectivity index (χ1) is 9.27. The fourth-order valence-corrected chi connectivity index (χ4v) is 2.53. The molecule has 0 atom stereocenters. The van der Waals surface area contributed by atoms with Crippen LogP contribution in [0.1, 0.15) is 23.4 Å². The van der Waals surface area contributed by atoms with E-state index in [1.54, 1.807) is 0 Å². The molecule has 5 nitrogen and oxygen atoms in total. The van der Waals surface area contributed by atoms with E-state index in [4.69, 9.17) is 4.74 Å². The van der Waals surface area contributed by atoms with Crippen molar-refractivity contribution < 1.29 is 4.74 Å². The minimum absolute atomic E-state index is 0.895. The van der Waals surface area contributed by atoms with Crippen molar-refractivity contribution in [3.8, 4) is 0 Å². The van der Waals surface area contributed by atoms with Crippen LogP contribution in [0, 0.1) is 13.8 Å². The molecule has 1 aromatic rings. The van der Waals surface area contributed by atoms with Gasteiger partial charge in [-0.3, -0.25) is 10.00 Å².